The zero-order chi connectivity index (χ0) is 12.1. The highest BCUT2D eigenvalue weighted by atomic mass is 35.5. The van der Waals surface area contributed by atoms with Gasteiger partial charge in [0.15, 0.2) is 5.15 Å². The standard InChI is InChI=1S/C11H16ClN3O/c1-4-5-9-8(3)14-11(10(12)15-9)16-7(2)6-13/h4-5,7H,6,13H2,1-3H3. The van der Waals surface area contributed by atoms with Crippen LogP contribution in [0.1, 0.15) is 25.2 Å². The lowest BCUT2D eigenvalue weighted by molar-refractivity contribution is 0.219. The maximum atomic E-state index is 5.96. The van der Waals surface area contributed by atoms with E-state index >= 15 is 0 Å². The van der Waals surface area contributed by atoms with Gasteiger partial charge in [0, 0.05) is 6.54 Å². The van der Waals surface area contributed by atoms with Crippen molar-refractivity contribution in [3.8, 4) is 5.88 Å². The molecule has 1 aromatic rings. The maximum Gasteiger partial charge on any atom is 0.252 e. The van der Waals surface area contributed by atoms with Crippen LogP contribution in [0.15, 0.2) is 6.08 Å². The Morgan fingerprint density at radius 1 is 1.50 bits per heavy atom. The van der Waals surface area contributed by atoms with Gasteiger partial charge in [-0.2, -0.15) is 0 Å². The minimum absolute atomic E-state index is 0.126. The number of hydrogen-bond donors (Lipinski definition) is 1. The highest BCUT2D eigenvalue weighted by molar-refractivity contribution is 6.30. The average molecular weight is 242 g/mol. The molecule has 1 rings (SSSR count). The van der Waals surface area contributed by atoms with Crippen LogP contribution in [-0.4, -0.2) is 22.6 Å². The molecule has 0 aliphatic rings. The van der Waals surface area contributed by atoms with Gasteiger partial charge < -0.3 is 10.5 Å². The van der Waals surface area contributed by atoms with Crippen LogP contribution >= 0.6 is 11.6 Å². The molecular weight excluding hydrogens is 226 g/mol. The van der Waals surface area contributed by atoms with Gasteiger partial charge in [-0.25, -0.2) is 9.97 Å². The number of allylic oxidation sites excluding steroid dienone is 1. The fourth-order valence-corrected chi connectivity index (χ4v) is 1.30. The second-order valence-electron chi connectivity index (χ2n) is 3.45. The Hall–Kier alpha value is -1.13. The molecule has 88 valence electrons. The molecule has 0 aromatic carbocycles. The Labute approximate surface area is 100 Å². The molecule has 0 saturated carbocycles. The van der Waals surface area contributed by atoms with Gasteiger partial charge in [0.2, 0.25) is 0 Å². The molecule has 16 heavy (non-hydrogen) atoms. The summed E-state index contributed by atoms with van der Waals surface area (Å²) >= 11 is 5.96. The number of nitrogens with two attached hydrogens (primary N) is 1. The van der Waals surface area contributed by atoms with Crippen LogP contribution in [0.3, 0.4) is 0 Å². The van der Waals surface area contributed by atoms with E-state index in [4.69, 9.17) is 22.1 Å². The number of aryl methyl sites for hydroxylation is 1. The number of hydrogen-bond acceptors (Lipinski definition) is 4. The van der Waals surface area contributed by atoms with Crippen molar-refractivity contribution in [2.75, 3.05) is 6.54 Å². The summed E-state index contributed by atoms with van der Waals surface area (Å²) in [6, 6.07) is 0. The minimum Gasteiger partial charge on any atom is -0.471 e. The lowest BCUT2D eigenvalue weighted by Gasteiger charge is -2.13. The lowest BCUT2D eigenvalue weighted by atomic mass is 10.3. The van der Waals surface area contributed by atoms with E-state index < -0.39 is 0 Å². The molecule has 1 heterocycles. The van der Waals surface area contributed by atoms with Crippen LogP contribution in [0.4, 0.5) is 0 Å². The van der Waals surface area contributed by atoms with Gasteiger partial charge in [0.25, 0.3) is 5.88 Å². The van der Waals surface area contributed by atoms with E-state index in [1.54, 1.807) is 0 Å². The Kier molecular flexibility index (Phi) is 4.71. The van der Waals surface area contributed by atoms with Gasteiger partial charge >= 0.3 is 0 Å². The Bertz CT molecular complexity index is 393. The summed E-state index contributed by atoms with van der Waals surface area (Å²) < 4.78 is 5.45. The zero-order valence-electron chi connectivity index (χ0n) is 9.70. The third-order valence-corrected chi connectivity index (χ3v) is 2.25. The first-order valence-corrected chi connectivity index (χ1v) is 5.49. The summed E-state index contributed by atoms with van der Waals surface area (Å²) in [6.45, 7) is 6.04. The molecule has 0 aliphatic heterocycles. The molecule has 0 radical (unpaired) electrons. The quantitative estimate of drug-likeness (QED) is 0.878. The van der Waals surface area contributed by atoms with E-state index in [2.05, 4.69) is 9.97 Å². The molecule has 0 fully saturated rings. The summed E-state index contributed by atoms with van der Waals surface area (Å²) in [5, 5.41) is 0.263. The number of aromatic nitrogens is 2. The predicted molar refractivity (Wildman–Crippen MR) is 65.6 cm³/mol. The minimum atomic E-state index is -0.126. The van der Waals surface area contributed by atoms with E-state index in [1.165, 1.54) is 0 Å². The van der Waals surface area contributed by atoms with Gasteiger partial charge in [-0.05, 0) is 26.8 Å². The number of ether oxygens (including phenoxy) is 1. The van der Waals surface area contributed by atoms with E-state index in [-0.39, 0.29) is 11.3 Å². The Morgan fingerprint density at radius 2 is 2.19 bits per heavy atom. The number of halogens is 1. The van der Waals surface area contributed by atoms with Crippen molar-refractivity contribution < 1.29 is 4.74 Å². The molecule has 0 spiro atoms. The highest BCUT2D eigenvalue weighted by Gasteiger charge is 2.11. The van der Waals surface area contributed by atoms with Gasteiger partial charge in [-0.3, -0.25) is 0 Å². The van der Waals surface area contributed by atoms with E-state index in [9.17, 15) is 0 Å². The van der Waals surface area contributed by atoms with Crippen LogP contribution < -0.4 is 10.5 Å². The fourth-order valence-electron chi connectivity index (χ4n) is 1.12. The van der Waals surface area contributed by atoms with Gasteiger partial charge in [-0.15, -0.1) is 0 Å². The molecule has 0 saturated heterocycles. The summed E-state index contributed by atoms with van der Waals surface area (Å²) in [7, 11) is 0. The van der Waals surface area contributed by atoms with E-state index in [0.29, 0.717) is 12.4 Å². The fraction of sp³-hybridized carbons (Fsp3) is 0.455. The Morgan fingerprint density at radius 3 is 2.75 bits per heavy atom. The van der Waals surface area contributed by atoms with E-state index in [1.807, 2.05) is 32.9 Å². The summed E-state index contributed by atoms with van der Waals surface area (Å²) in [6.07, 6.45) is 3.61. The molecule has 0 aliphatic carbocycles. The van der Waals surface area contributed by atoms with Gasteiger partial charge in [0.1, 0.15) is 6.10 Å². The molecule has 1 aromatic heterocycles. The normalized spacial score (nSPS) is 13.1. The van der Waals surface area contributed by atoms with Crippen LogP contribution in [-0.2, 0) is 0 Å². The molecule has 0 bridgehead atoms. The molecule has 1 atom stereocenters. The summed E-state index contributed by atoms with van der Waals surface area (Å²) in [5.74, 6) is 0.338. The Balaban J connectivity index is 3.00. The van der Waals surface area contributed by atoms with Crippen molar-refractivity contribution in [3.63, 3.8) is 0 Å². The summed E-state index contributed by atoms with van der Waals surface area (Å²) in [4.78, 5) is 8.46. The largest absolute Gasteiger partial charge is 0.471 e. The molecule has 2 N–H and O–H groups in total. The van der Waals surface area contributed by atoms with Crippen molar-refractivity contribution >= 4 is 17.7 Å². The molecule has 1 unspecified atom stereocenters. The van der Waals surface area contributed by atoms with Gasteiger partial charge in [0.05, 0.1) is 11.4 Å². The molecule has 0 amide bonds. The zero-order valence-corrected chi connectivity index (χ0v) is 10.5. The van der Waals surface area contributed by atoms with Gasteiger partial charge in [-0.1, -0.05) is 17.7 Å². The smallest absolute Gasteiger partial charge is 0.252 e. The van der Waals surface area contributed by atoms with Crippen molar-refractivity contribution in [2.24, 2.45) is 5.73 Å². The van der Waals surface area contributed by atoms with Crippen LogP contribution in [0.2, 0.25) is 5.15 Å². The average Bonchev–Trinajstić information content (AvgIpc) is 2.25. The van der Waals surface area contributed by atoms with Crippen molar-refractivity contribution in [3.05, 3.63) is 22.6 Å². The van der Waals surface area contributed by atoms with Crippen LogP contribution in [0.25, 0.3) is 6.08 Å². The van der Waals surface area contributed by atoms with Crippen molar-refractivity contribution in [1.82, 2.24) is 9.97 Å². The SMILES string of the molecule is CC=Cc1nc(Cl)c(OC(C)CN)nc1C. The second-order valence-corrected chi connectivity index (χ2v) is 3.81. The third kappa shape index (κ3) is 3.18. The number of nitrogens with zero attached hydrogens (tertiary/aromatic N) is 2. The predicted octanol–water partition coefficient (Wildman–Crippen LogP) is 2.20. The lowest BCUT2D eigenvalue weighted by Crippen LogP contribution is -2.23. The maximum absolute atomic E-state index is 5.96. The van der Waals surface area contributed by atoms with Crippen LogP contribution in [0, 0.1) is 6.92 Å². The second kappa shape index (κ2) is 5.82. The van der Waals surface area contributed by atoms with E-state index in [0.717, 1.165) is 11.4 Å². The molecule has 5 heteroatoms. The molecular formula is C11H16ClN3O. The first-order chi connectivity index (χ1) is 7.58. The number of rotatable bonds is 4. The van der Waals surface area contributed by atoms with Crippen LogP contribution in [0.5, 0.6) is 5.88 Å². The topological polar surface area (TPSA) is 61.0 Å². The monoisotopic (exact) mass is 241 g/mol. The van der Waals surface area contributed by atoms with Crippen molar-refractivity contribution in [1.29, 1.82) is 0 Å². The highest BCUT2D eigenvalue weighted by Crippen LogP contribution is 2.22. The third-order valence-electron chi connectivity index (χ3n) is 2.00. The summed E-state index contributed by atoms with van der Waals surface area (Å²) in [5.41, 5.74) is 6.99. The molecule has 4 nitrogen and oxygen atoms in total. The first-order valence-electron chi connectivity index (χ1n) is 5.12. The van der Waals surface area contributed by atoms with Crippen molar-refractivity contribution in [2.45, 2.75) is 26.9 Å². The first kappa shape index (κ1) is 12.9.